The Morgan fingerprint density at radius 2 is 1.52 bits per heavy atom. The second-order valence-corrected chi connectivity index (χ2v) is 8.59. The standard InChI is InChI=1S/C28H27N3O2/c32-27(19-29-28(33)23-12-10-21(11-13-23)20-6-2-1-3-7-20)31-16-14-22(15-17-31)26-18-24-8-4-5-9-25(24)30-26/h1-13,18,22,30H,14-17,19H2,(H,29,33). The molecule has 4 aromatic rings. The van der Waals surface area contributed by atoms with Gasteiger partial charge in [0.25, 0.3) is 5.91 Å². The van der Waals surface area contributed by atoms with Crippen molar-refractivity contribution in [3.63, 3.8) is 0 Å². The first-order valence-corrected chi connectivity index (χ1v) is 11.5. The van der Waals surface area contributed by atoms with Gasteiger partial charge in [-0.25, -0.2) is 0 Å². The minimum Gasteiger partial charge on any atom is -0.358 e. The first-order valence-electron chi connectivity index (χ1n) is 11.5. The van der Waals surface area contributed by atoms with Gasteiger partial charge in [0.2, 0.25) is 5.91 Å². The van der Waals surface area contributed by atoms with Crippen molar-refractivity contribution in [1.82, 2.24) is 15.2 Å². The SMILES string of the molecule is O=C(NCC(=O)N1CCC(c2cc3ccccc3[nH]2)CC1)c1ccc(-c2ccccc2)cc1. The van der Waals surface area contributed by atoms with E-state index in [4.69, 9.17) is 0 Å². The number of aromatic amines is 1. The third kappa shape index (κ3) is 4.67. The molecule has 166 valence electrons. The Morgan fingerprint density at radius 1 is 0.848 bits per heavy atom. The lowest BCUT2D eigenvalue weighted by Crippen LogP contribution is -2.43. The summed E-state index contributed by atoms with van der Waals surface area (Å²) in [5.41, 5.74) is 5.12. The van der Waals surface area contributed by atoms with E-state index in [1.165, 1.54) is 11.1 Å². The smallest absolute Gasteiger partial charge is 0.251 e. The number of aromatic nitrogens is 1. The number of piperidine rings is 1. The monoisotopic (exact) mass is 437 g/mol. The molecule has 1 aliphatic rings. The van der Waals surface area contributed by atoms with Crippen LogP contribution in [0, 0.1) is 0 Å². The van der Waals surface area contributed by atoms with Crippen LogP contribution in [0.15, 0.2) is 84.9 Å². The zero-order valence-electron chi connectivity index (χ0n) is 18.5. The summed E-state index contributed by atoms with van der Waals surface area (Å²) in [7, 11) is 0. The molecule has 1 aliphatic heterocycles. The minimum atomic E-state index is -0.226. The van der Waals surface area contributed by atoms with E-state index in [-0.39, 0.29) is 18.4 Å². The van der Waals surface area contributed by atoms with Crippen LogP contribution in [0.5, 0.6) is 0 Å². The van der Waals surface area contributed by atoms with Crippen molar-refractivity contribution in [2.75, 3.05) is 19.6 Å². The van der Waals surface area contributed by atoms with Crippen LogP contribution >= 0.6 is 0 Å². The summed E-state index contributed by atoms with van der Waals surface area (Å²) in [5, 5.41) is 4.01. The van der Waals surface area contributed by atoms with Crippen molar-refractivity contribution in [2.24, 2.45) is 0 Å². The number of rotatable bonds is 5. The summed E-state index contributed by atoms with van der Waals surface area (Å²) in [4.78, 5) is 30.6. The van der Waals surface area contributed by atoms with Crippen LogP contribution in [0.25, 0.3) is 22.0 Å². The van der Waals surface area contributed by atoms with Crippen LogP contribution in [0.1, 0.15) is 34.8 Å². The second-order valence-electron chi connectivity index (χ2n) is 8.59. The fourth-order valence-electron chi connectivity index (χ4n) is 4.57. The Morgan fingerprint density at radius 3 is 2.24 bits per heavy atom. The number of carbonyl (C=O) groups excluding carboxylic acids is 2. The maximum absolute atomic E-state index is 12.7. The third-order valence-corrected chi connectivity index (χ3v) is 6.49. The number of nitrogens with zero attached hydrogens (tertiary/aromatic N) is 1. The molecule has 0 bridgehead atoms. The molecule has 1 fully saturated rings. The van der Waals surface area contributed by atoms with Crippen LogP contribution in [0.4, 0.5) is 0 Å². The van der Waals surface area contributed by atoms with E-state index in [0.29, 0.717) is 24.6 Å². The Labute approximate surface area is 193 Å². The first-order chi connectivity index (χ1) is 16.2. The third-order valence-electron chi connectivity index (χ3n) is 6.49. The Hall–Kier alpha value is -3.86. The molecule has 0 spiro atoms. The van der Waals surface area contributed by atoms with E-state index in [2.05, 4.69) is 28.5 Å². The summed E-state index contributed by atoms with van der Waals surface area (Å²) >= 11 is 0. The second kappa shape index (κ2) is 9.33. The van der Waals surface area contributed by atoms with Gasteiger partial charge in [-0.15, -0.1) is 0 Å². The van der Waals surface area contributed by atoms with Gasteiger partial charge in [-0.05, 0) is 53.6 Å². The average Bonchev–Trinajstić information content (AvgIpc) is 3.32. The molecule has 1 saturated heterocycles. The van der Waals surface area contributed by atoms with E-state index in [1.807, 2.05) is 59.5 Å². The number of nitrogens with one attached hydrogen (secondary N) is 2. The van der Waals surface area contributed by atoms with Crippen LogP contribution < -0.4 is 5.32 Å². The molecule has 33 heavy (non-hydrogen) atoms. The molecule has 1 aromatic heterocycles. The molecule has 3 aromatic carbocycles. The number of likely N-dealkylation sites (tertiary alicyclic amines) is 1. The van der Waals surface area contributed by atoms with Crippen molar-refractivity contribution in [1.29, 1.82) is 0 Å². The summed E-state index contributed by atoms with van der Waals surface area (Å²) < 4.78 is 0. The number of hydrogen-bond donors (Lipinski definition) is 2. The zero-order valence-corrected chi connectivity index (χ0v) is 18.5. The molecule has 0 saturated carbocycles. The maximum atomic E-state index is 12.7. The van der Waals surface area contributed by atoms with E-state index < -0.39 is 0 Å². The molecule has 0 unspecified atom stereocenters. The van der Waals surface area contributed by atoms with Gasteiger partial charge >= 0.3 is 0 Å². The molecule has 5 nitrogen and oxygen atoms in total. The zero-order chi connectivity index (χ0) is 22.6. The largest absolute Gasteiger partial charge is 0.358 e. The molecule has 0 atom stereocenters. The van der Waals surface area contributed by atoms with Crippen molar-refractivity contribution >= 4 is 22.7 Å². The lowest BCUT2D eigenvalue weighted by atomic mass is 9.93. The highest BCUT2D eigenvalue weighted by Crippen LogP contribution is 2.29. The highest BCUT2D eigenvalue weighted by Gasteiger charge is 2.25. The van der Waals surface area contributed by atoms with E-state index in [9.17, 15) is 9.59 Å². The average molecular weight is 438 g/mol. The number of hydrogen-bond acceptors (Lipinski definition) is 2. The van der Waals surface area contributed by atoms with E-state index >= 15 is 0 Å². The van der Waals surface area contributed by atoms with E-state index in [0.717, 1.165) is 29.5 Å². The summed E-state index contributed by atoms with van der Waals surface area (Å²) in [6.07, 6.45) is 1.85. The quantitative estimate of drug-likeness (QED) is 0.463. The molecular weight excluding hydrogens is 410 g/mol. The van der Waals surface area contributed by atoms with Gasteiger partial charge in [0, 0.05) is 35.8 Å². The molecule has 2 amide bonds. The normalized spacial score (nSPS) is 14.4. The molecule has 2 N–H and O–H groups in total. The van der Waals surface area contributed by atoms with Crippen LogP contribution in [0.2, 0.25) is 0 Å². The number of amides is 2. The topological polar surface area (TPSA) is 65.2 Å². The molecule has 0 aliphatic carbocycles. The van der Waals surface area contributed by atoms with Gasteiger partial charge < -0.3 is 15.2 Å². The Kier molecular flexibility index (Phi) is 5.94. The van der Waals surface area contributed by atoms with Crippen molar-refractivity contribution < 1.29 is 9.59 Å². The van der Waals surface area contributed by atoms with Gasteiger partial charge in [-0.3, -0.25) is 9.59 Å². The minimum absolute atomic E-state index is 0.0241. The lowest BCUT2D eigenvalue weighted by Gasteiger charge is -2.31. The first kappa shape index (κ1) is 21.0. The predicted molar refractivity (Wildman–Crippen MR) is 131 cm³/mol. The fraction of sp³-hybridized carbons (Fsp3) is 0.214. The molecule has 0 radical (unpaired) electrons. The molecule has 5 heteroatoms. The highest BCUT2D eigenvalue weighted by atomic mass is 16.2. The van der Waals surface area contributed by atoms with Crippen molar-refractivity contribution in [2.45, 2.75) is 18.8 Å². The van der Waals surface area contributed by atoms with Gasteiger partial charge in [0.15, 0.2) is 0 Å². The predicted octanol–water partition coefficient (Wildman–Crippen LogP) is 4.97. The van der Waals surface area contributed by atoms with Crippen LogP contribution in [-0.2, 0) is 4.79 Å². The number of para-hydroxylation sites is 1. The maximum Gasteiger partial charge on any atom is 0.251 e. The summed E-state index contributed by atoms with van der Waals surface area (Å²) in [6.45, 7) is 1.44. The number of benzene rings is 3. The van der Waals surface area contributed by atoms with Crippen LogP contribution in [0.3, 0.4) is 0 Å². The van der Waals surface area contributed by atoms with Crippen LogP contribution in [-0.4, -0.2) is 41.3 Å². The van der Waals surface area contributed by atoms with Gasteiger partial charge in [-0.2, -0.15) is 0 Å². The molecular formula is C28H27N3O2. The number of H-pyrrole nitrogens is 1. The Balaban J connectivity index is 1.12. The van der Waals surface area contributed by atoms with Crippen molar-refractivity contribution in [3.05, 3.63) is 96.2 Å². The molecule has 2 heterocycles. The molecule has 5 rings (SSSR count). The summed E-state index contributed by atoms with van der Waals surface area (Å²) in [5.74, 6) is 0.175. The van der Waals surface area contributed by atoms with Gasteiger partial charge in [-0.1, -0.05) is 60.7 Å². The Bertz CT molecular complexity index is 1220. The highest BCUT2D eigenvalue weighted by molar-refractivity contribution is 5.96. The van der Waals surface area contributed by atoms with E-state index in [1.54, 1.807) is 12.1 Å². The number of carbonyl (C=O) groups is 2. The van der Waals surface area contributed by atoms with Crippen molar-refractivity contribution in [3.8, 4) is 11.1 Å². The number of fused-ring (bicyclic) bond motifs is 1. The lowest BCUT2D eigenvalue weighted by molar-refractivity contribution is -0.131. The fourth-order valence-corrected chi connectivity index (χ4v) is 4.57. The summed E-state index contributed by atoms with van der Waals surface area (Å²) in [6, 6.07) is 28.0. The van der Waals surface area contributed by atoms with Gasteiger partial charge in [0.05, 0.1) is 6.54 Å². The van der Waals surface area contributed by atoms with Gasteiger partial charge in [0.1, 0.15) is 0 Å².